The van der Waals surface area contributed by atoms with E-state index in [9.17, 15) is 79.2 Å². The molecule has 2 amide bonds. The fourth-order valence-corrected chi connectivity index (χ4v) is 13.8. The molecule has 2 unspecified atom stereocenters. The second-order valence-electron chi connectivity index (χ2n) is 19.1. The van der Waals surface area contributed by atoms with Crippen LogP contribution in [0, 0.1) is 0 Å². The molecule has 3 aliphatic heterocycles. The number of amides is 2. The highest BCUT2D eigenvalue weighted by atomic mass is 32.2. The molecule has 7 rings (SSSR count). The Morgan fingerprint density at radius 2 is 1.25 bits per heavy atom. The van der Waals surface area contributed by atoms with Gasteiger partial charge >= 0.3 is 5.97 Å². The van der Waals surface area contributed by atoms with E-state index in [1.54, 1.807) is 56.4 Å². The molecule has 77 heavy (non-hydrogen) atoms. The summed E-state index contributed by atoms with van der Waals surface area (Å²) in [5.41, 5.74) is 0.388. The van der Waals surface area contributed by atoms with Gasteiger partial charge in [0.1, 0.15) is 16.3 Å². The molecular weight excluding hydrogens is 1110 g/mol. The van der Waals surface area contributed by atoms with Gasteiger partial charge < -0.3 is 14.5 Å². The predicted octanol–water partition coefficient (Wildman–Crippen LogP) is 6.00. The number of anilines is 1. The van der Waals surface area contributed by atoms with Gasteiger partial charge in [-0.3, -0.25) is 32.4 Å². The van der Waals surface area contributed by atoms with Crippen LogP contribution in [0.4, 0.5) is 11.4 Å². The molecule has 0 spiro atoms. The second-order valence-corrected chi connectivity index (χ2v) is 26.3. The van der Waals surface area contributed by atoms with Crippen molar-refractivity contribution in [3.63, 3.8) is 0 Å². The van der Waals surface area contributed by atoms with Crippen molar-refractivity contribution in [2.45, 2.75) is 109 Å². The van der Waals surface area contributed by atoms with Crippen LogP contribution in [0.3, 0.4) is 0 Å². The highest BCUT2D eigenvalue weighted by Crippen LogP contribution is 2.54. The SMILES string of the molecule is CC[N+]1=C(/C=C/C=C/C=C2/N(CCCCCC(=O)ON3C(=O)CCC3=O)c3ccc4c(S(=O)(=O)O)cc(S(=O)(=O)O)cc4c3C2(C)CCOC)C(C)(CCCS(=O)(=O)O)c2c1ccc1c(S(=O)(=O)O)cc(S(=O)(=O)O)cc21. The van der Waals surface area contributed by atoms with Gasteiger partial charge in [0.15, 0.2) is 5.71 Å². The van der Waals surface area contributed by atoms with Crippen LogP contribution in [0.1, 0.15) is 89.7 Å². The van der Waals surface area contributed by atoms with E-state index in [1.165, 1.54) is 19.2 Å². The lowest BCUT2D eigenvalue weighted by Gasteiger charge is -2.30. The average Bonchev–Trinajstić information content (AvgIpc) is 3.87. The fourth-order valence-electron chi connectivity index (χ4n) is 10.6. The van der Waals surface area contributed by atoms with Crippen molar-refractivity contribution in [3.05, 3.63) is 95.7 Å². The third kappa shape index (κ3) is 12.1. The molecule has 28 heteroatoms. The Hall–Kier alpha value is -5.79. The Bertz CT molecular complexity index is 3840. The Morgan fingerprint density at radius 1 is 0.675 bits per heavy atom. The molecule has 3 heterocycles. The van der Waals surface area contributed by atoms with Gasteiger partial charge in [-0.05, 0) is 112 Å². The molecule has 23 nitrogen and oxygen atoms in total. The quantitative estimate of drug-likeness (QED) is 0.0198. The molecular formula is C49H56N3O20S5+. The standard InChI is InChI=1S/C49H55N3O20S5/c1-5-50-37-18-16-33-35(27-31(74(59,60)61)29-39(33)76(65,66)67)46(37)48(2,22-12-26-73(56,57)58)41(50)13-8-6-9-14-42-49(3,23-25-71-4)47-36-28-32(75(62,63)64)30-40(77(68,69)70)34(36)17-19-38(47)51(42)24-11-7-10-15-45(55)72-52-43(53)20-21-44(52)54/h6,8-9,13-14,16-19,27-30H,5,7,10-12,15,20-26H2,1-4H3,(H4-,56,57,58,59,60,61,62,63,64,65,66,67,68,69,70)/p+1. The number of rotatable bonds is 22. The normalized spacial score (nSPS) is 20.0. The summed E-state index contributed by atoms with van der Waals surface area (Å²) in [6.45, 7) is 5.94. The van der Waals surface area contributed by atoms with Crippen LogP contribution in [-0.2, 0) is 85.4 Å². The van der Waals surface area contributed by atoms with Gasteiger partial charge in [0, 0.05) is 84.8 Å². The molecule has 3 aliphatic rings. The maximum Gasteiger partial charge on any atom is 0.333 e. The maximum atomic E-state index is 12.8. The summed E-state index contributed by atoms with van der Waals surface area (Å²) < 4.78 is 183. The number of methoxy groups -OCH3 is 1. The first-order chi connectivity index (χ1) is 35.8. The smallest absolute Gasteiger partial charge is 0.333 e. The number of carbonyl (C=O) groups is 3. The predicted molar refractivity (Wildman–Crippen MR) is 279 cm³/mol. The summed E-state index contributed by atoms with van der Waals surface area (Å²) in [7, 11) is -23.3. The summed E-state index contributed by atoms with van der Waals surface area (Å²) in [5, 5.41) is 0.385. The van der Waals surface area contributed by atoms with Gasteiger partial charge in [-0.25, -0.2) is 4.79 Å². The molecule has 2 atom stereocenters. The lowest BCUT2D eigenvalue weighted by atomic mass is 9.74. The average molecular weight is 1170 g/mol. The zero-order valence-electron chi connectivity index (χ0n) is 41.9. The summed E-state index contributed by atoms with van der Waals surface area (Å²) >= 11 is 0. The minimum atomic E-state index is -5.10. The highest BCUT2D eigenvalue weighted by Gasteiger charge is 2.49. The molecule has 1 fully saturated rings. The van der Waals surface area contributed by atoms with E-state index in [0.717, 1.165) is 12.1 Å². The molecule has 4 aromatic carbocycles. The largest absolute Gasteiger partial charge is 0.385 e. The van der Waals surface area contributed by atoms with Crippen LogP contribution >= 0.6 is 0 Å². The number of benzene rings is 4. The first kappa shape index (κ1) is 58.9. The van der Waals surface area contributed by atoms with Gasteiger partial charge in [-0.1, -0.05) is 30.7 Å². The van der Waals surface area contributed by atoms with Gasteiger partial charge in [0.25, 0.3) is 62.4 Å². The number of allylic oxidation sites excluding steroid dienone is 6. The number of hydroxylamine groups is 2. The minimum Gasteiger partial charge on any atom is -0.385 e. The molecule has 1 saturated heterocycles. The van der Waals surface area contributed by atoms with Crippen molar-refractivity contribution >= 4 is 107 Å². The zero-order valence-corrected chi connectivity index (χ0v) is 46.0. The third-order valence-corrected chi connectivity index (χ3v) is 18.3. The molecule has 5 N–H and O–H groups in total. The number of fused-ring (bicyclic) bond motifs is 6. The highest BCUT2D eigenvalue weighted by molar-refractivity contribution is 7.87. The van der Waals surface area contributed by atoms with Gasteiger partial charge in [0.05, 0.1) is 21.0 Å². The second kappa shape index (κ2) is 21.8. The van der Waals surface area contributed by atoms with Crippen LogP contribution in [0.2, 0.25) is 0 Å². The Balaban J connectivity index is 1.33. The van der Waals surface area contributed by atoms with Crippen LogP contribution in [-0.4, -0.2) is 131 Å². The van der Waals surface area contributed by atoms with E-state index in [2.05, 4.69) is 0 Å². The van der Waals surface area contributed by atoms with Gasteiger partial charge in [0.2, 0.25) is 5.69 Å². The summed E-state index contributed by atoms with van der Waals surface area (Å²) in [6.07, 6.45) is 9.27. The Labute approximate surface area is 445 Å². The number of unbranched alkanes of at least 4 members (excludes halogenated alkanes) is 2. The van der Waals surface area contributed by atoms with Crippen molar-refractivity contribution in [2.75, 3.05) is 37.5 Å². The fraction of sp³-hybridized carbons (Fsp3) is 0.388. The number of nitrogens with zero attached hydrogens (tertiary/aromatic N) is 3. The number of hydrogen-bond acceptors (Lipinski definition) is 16. The van der Waals surface area contributed by atoms with E-state index in [4.69, 9.17) is 9.57 Å². The van der Waals surface area contributed by atoms with Crippen molar-refractivity contribution < 1.29 is 93.4 Å². The van der Waals surface area contributed by atoms with E-state index in [-0.39, 0.29) is 86.2 Å². The van der Waals surface area contributed by atoms with Crippen LogP contribution in [0.15, 0.2) is 104 Å². The minimum absolute atomic E-state index is 0.00731. The molecule has 0 bridgehead atoms. The summed E-state index contributed by atoms with van der Waals surface area (Å²) in [4.78, 5) is 40.3. The first-order valence-electron chi connectivity index (χ1n) is 23.9. The van der Waals surface area contributed by atoms with E-state index in [1.807, 2.05) is 16.4 Å². The number of imide groups is 1. The monoisotopic (exact) mass is 1170 g/mol. The Morgan fingerprint density at radius 3 is 1.78 bits per heavy atom. The molecule has 0 radical (unpaired) electrons. The maximum absolute atomic E-state index is 12.8. The molecule has 0 saturated carbocycles. The molecule has 0 aromatic heterocycles. The van der Waals surface area contributed by atoms with Crippen LogP contribution in [0.5, 0.6) is 0 Å². The van der Waals surface area contributed by atoms with Crippen LogP contribution in [0.25, 0.3) is 21.5 Å². The Kier molecular flexibility index (Phi) is 16.7. The molecule has 416 valence electrons. The topological polar surface area (TPSA) is 351 Å². The van der Waals surface area contributed by atoms with Gasteiger partial charge in [-0.15, -0.1) is 5.06 Å². The third-order valence-electron chi connectivity index (χ3n) is 14.0. The lowest BCUT2D eigenvalue weighted by Crippen LogP contribution is -2.32. The summed E-state index contributed by atoms with van der Waals surface area (Å²) in [6, 6.07) is 9.38. The van der Waals surface area contributed by atoms with Gasteiger partial charge in [-0.2, -0.15) is 46.7 Å². The van der Waals surface area contributed by atoms with E-state index >= 15 is 0 Å². The van der Waals surface area contributed by atoms with Crippen molar-refractivity contribution in [1.29, 1.82) is 0 Å². The lowest BCUT2D eigenvalue weighted by molar-refractivity contribution is -0.433. The summed E-state index contributed by atoms with van der Waals surface area (Å²) in [5.74, 6) is -2.71. The molecule has 0 aliphatic carbocycles. The number of ether oxygens (including phenoxy) is 1. The number of carbonyl (C=O) groups excluding carboxylic acids is 3. The van der Waals surface area contributed by atoms with Crippen molar-refractivity contribution in [3.8, 4) is 0 Å². The van der Waals surface area contributed by atoms with E-state index in [0.29, 0.717) is 63.9 Å². The first-order valence-corrected chi connectivity index (χ1v) is 31.2. The van der Waals surface area contributed by atoms with Crippen LogP contribution < -0.4 is 4.90 Å². The van der Waals surface area contributed by atoms with E-state index < -0.39 is 105 Å². The molecule has 4 aromatic rings. The van der Waals surface area contributed by atoms with Crippen molar-refractivity contribution in [2.24, 2.45) is 0 Å². The van der Waals surface area contributed by atoms with Crippen molar-refractivity contribution in [1.82, 2.24) is 5.06 Å². The zero-order chi connectivity index (χ0) is 56.8. The number of hydrogen-bond donors (Lipinski definition) is 5.